The Labute approximate surface area is 107 Å². The summed E-state index contributed by atoms with van der Waals surface area (Å²) in [6, 6.07) is 0.891. The van der Waals surface area contributed by atoms with Gasteiger partial charge in [-0.25, -0.2) is 0 Å². The monoisotopic (exact) mass is 257 g/mol. The van der Waals surface area contributed by atoms with Crippen molar-refractivity contribution in [3.05, 3.63) is 5.89 Å². The first-order valence-electron chi connectivity index (χ1n) is 6.23. The van der Waals surface area contributed by atoms with Crippen molar-refractivity contribution in [1.82, 2.24) is 10.2 Å². The van der Waals surface area contributed by atoms with Gasteiger partial charge >= 0.3 is 6.01 Å². The first-order chi connectivity index (χ1) is 7.99. The molecule has 1 aromatic heterocycles. The number of aromatic nitrogens is 2. The Kier molecular flexibility index (Phi) is 3.61. The Morgan fingerprint density at radius 2 is 2.18 bits per heavy atom. The molecule has 1 aliphatic carbocycles. The predicted octanol–water partition coefficient (Wildman–Crippen LogP) is 3.75. The average Bonchev–Trinajstić information content (AvgIpc) is 2.70. The molecule has 2 rings (SSSR count). The van der Waals surface area contributed by atoms with Crippen molar-refractivity contribution >= 4 is 17.6 Å². The lowest BCUT2D eigenvalue weighted by atomic mass is 9.73. The number of rotatable bonds is 3. The summed E-state index contributed by atoms with van der Waals surface area (Å²) in [4.78, 5) is 0. The predicted molar refractivity (Wildman–Crippen MR) is 68.2 cm³/mol. The Morgan fingerprint density at radius 3 is 2.76 bits per heavy atom. The molecule has 5 heteroatoms. The number of alkyl halides is 1. The van der Waals surface area contributed by atoms with Crippen molar-refractivity contribution in [3.8, 4) is 0 Å². The molecule has 1 fully saturated rings. The first-order valence-corrected chi connectivity index (χ1v) is 6.67. The van der Waals surface area contributed by atoms with Crippen LogP contribution in [0.2, 0.25) is 0 Å². The molecule has 1 saturated carbocycles. The second kappa shape index (κ2) is 4.84. The Bertz CT molecular complexity index is 376. The molecule has 0 radical (unpaired) electrons. The van der Waals surface area contributed by atoms with Crippen molar-refractivity contribution in [1.29, 1.82) is 0 Å². The number of hydrogen-bond donors (Lipinski definition) is 1. The van der Waals surface area contributed by atoms with E-state index in [1.54, 1.807) is 0 Å². The van der Waals surface area contributed by atoms with Gasteiger partial charge in [-0.15, -0.1) is 16.7 Å². The summed E-state index contributed by atoms with van der Waals surface area (Å²) in [5, 5.41) is 11.0. The van der Waals surface area contributed by atoms with Crippen LogP contribution in [0.3, 0.4) is 0 Å². The third kappa shape index (κ3) is 2.92. The molecule has 2 unspecified atom stereocenters. The molecular weight excluding hydrogens is 238 g/mol. The summed E-state index contributed by atoms with van der Waals surface area (Å²) >= 11 is 5.89. The molecule has 1 aliphatic rings. The van der Waals surface area contributed by atoms with Crippen molar-refractivity contribution in [3.63, 3.8) is 0 Å². The van der Waals surface area contributed by atoms with Gasteiger partial charge in [-0.2, -0.15) is 0 Å². The van der Waals surface area contributed by atoms with Gasteiger partial charge in [0.25, 0.3) is 0 Å². The zero-order valence-electron chi connectivity index (χ0n) is 10.7. The number of halogens is 1. The van der Waals surface area contributed by atoms with Crippen LogP contribution in [0.25, 0.3) is 0 Å². The molecule has 0 amide bonds. The van der Waals surface area contributed by atoms with Crippen LogP contribution in [0.1, 0.15) is 57.7 Å². The van der Waals surface area contributed by atoms with Crippen LogP contribution in [-0.4, -0.2) is 16.2 Å². The third-order valence-corrected chi connectivity index (χ3v) is 3.77. The number of nitrogens with zero attached hydrogens (tertiary/aromatic N) is 2. The molecule has 0 saturated heterocycles. The van der Waals surface area contributed by atoms with E-state index in [2.05, 4.69) is 29.4 Å². The van der Waals surface area contributed by atoms with Crippen LogP contribution in [0, 0.1) is 5.41 Å². The second-order valence-electron chi connectivity index (χ2n) is 5.49. The van der Waals surface area contributed by atoms with Gasteiger partial charge in [-0.3, -0.25) is 0 Å². The lowest BCUT2D eigenvalue weighted by Gasteiger charge is -2.38. The molecule has 0 spiro atoms. The lowest BCUT2D eigenvalue weighted by molar-refractivity contribution is 0.214. The van der Waals surface area contributed by atoms with Gasteiger partial charge in [0.15, 0.2) is 0 Å². The number of nitrogens with one attached hydrogen (secondary N) is 1. The zero-order chi connectivity index (χ0) is 12.5. The van der Waals surface area contributed by atoms with Crippen LogP contribution in [0.15, 0.2) is 4.42 Å². The fraction of sp³-hybridized carbons (Fsp3) is 0.833. The summed E-state index contributed by atoms with van der Waals surface area (Å²) < 4.78 is 5.48. The van der Waals surface area contributed by atoms with Crippen molar-refractivity contribution < 1.29 is 4.42 Å². The smallest absolute Gasteiger partial charge is 0.315 e. The standard InChI is InChI=1S/C12H20ClN3O/c1-8(13)10-15-16-11(17-10)14-9-6-4-5-7-12(9,2)3/h8-9H,4-7H2,1-3H3,(H,14,16). The van der Waals surface area contributed by atoms with Crippen molar-refractivity contribution in [2.24, 2.45) is 5.41 Å². The molecule has 0 aliphatic heterocycles. The van der Waals surface area contributed by atoms with E-state index < -0.39 is 0 Å². The molecule has 17 heavy (non-hydrogen) atoms. The highest BCUT2D eigenvalue weighted by Gasteiger charge is 2.33. The first kappa shape index (κ1) is 12.7. The van der Waals surface area contributed by atoms with Crippen LogP contribution in [0.4, 0.5) is 6.01 Å². The molecule has 4 nitrogen and oxygen atoms in total. The van der Waals surface area contributed by atoms with E-state index in [1.165, 1.54) is 19.3 Å². The van der Waals surface area contributed by atoms with Crippen molar-refractivity contribution in [2.75, 3.05) is 5.32 Å². The van der Waals surface area contributed by atoms with Gasteiger partial charge in [0.2, 0.25) is 5.89 Å². The quantitative estimate of drug-likeness (QED) is 0.838. The summed E-state index contributed by atoms with van der Waals surface area (Å²) in [6.07, 6.45) is 4.95. The summed E-state index contributed by atoms with van der Waals surface area (Å²) in [7, 11) is 0. The van der Waals surface area contributed by atoms with E-state index in [9.17, 15) is 0 Å². The average molecular weight is 258 g/mol. The van der Waals surface area contributed by atoms with E-state index >= 15 is 0 Å². The molecule has 0 bridgehead atoms. The maximum Gasteiger partial charge on any atom is 0.315 e. The fourth-order valence-corrected chi connectivity index (χ4v) is 2.45. The molecular formula is C12H20ClN3O. The second-order valence-corrected chi connectivity index (χ2v) is 6.15. The number of hydrogen-bond acceptors (Lipinski definition) is 4. The fourth-order valence-electron chi connectivity index (χ4n) is 2.36. The van der Waals surface area contributed by atoms with Crippen molar-refractivity contribution in [2.45, 2.75) is 57.9 Å². The minimum absolute atomic E-state index is 0.239. The molecule has 1 N–H and O–H groups in total. The molecule has 0 aromatic carbocycles. The highest BCUT2D eigenvalue weighted by Crippen LogP contribution is 2.37. The van der Waals surface area contributed by atoms with Gasteiger partial charge in [0.05, 0.1) is 0 Å². The van der Waals surface area contributed by atoms with Gasteiger partial charge in [-0.05, 0) is 25.2 Å². The number of anilines is 1. The molecule has 2 atom stereocenters. The van der Waals surface area contributed by atoms with E-state index in [-0.39, 0.29) is 10.8 Å². The lowest BCUT2D eigenvalue weighted by Crippen LogP contribution is -2.39. The van der Waals surface area contributed by atoms with Gasteiger partial charge in [-0.1, -0.05) is 31.8 Å². The van der Waals surface area contributed by atoms with E-state index in [0.717, 1.165) is 6.42 Å². The summed E-state index contributed by atoms with van der Waals surface area (Å²) in [6.45, 7) is 6.39. The normalized spacial score (nSPS) is 25.5. The Balaban J connectivity index is 2.04. The van der Waals surface area contributed by atoms with E-state index in [4.69, 9.17) is 16.0 Å². The maximum atomic E-state index is 5.89. The van der Waals surface area contributed by atoms with Crippen LogP contribution >= 0.6 is 11.6 Å². The highest BCUT2D eigenvalue weighted by atomic mass is 35.5. The minimum Gasteiger partial charge on any atom is -0.406 e. The maximum absolute atomic E-state index is 5.89. The highest BCUT2D eigenvalue weighted by molar-refractivity contribution is 6.20. The Morgan fingerprint density at radius 1 is 1.41 bits per heavy atom. The largest absolute Gasteiger partial charge is 0.406 e. The van der Waals surface area contributed by atoms with Crippen LogP contribution in [-0.2, 0) is 0 Å². The van der Waals surface area contributed by atoms with Crippen LogP contribution in [0.5, 0.6) is 0 Å². The van der Waals surface area contributed by atoms with Gasteiger partial charge in [0.1, 0.15) is 5.38 Å². The molecule has 1 aromatic rings. The van der Waals surface area contributed by atoms with E-state index in [1.807, 2.05) is 6.92 Å². The Hall–Kier alpha value is -0.770. The SMILES string of the molecule is CC(Cl)c1nnc(NC2CCCCC2(C)C)o1. The van der Waals surface area contributed by atoms with Crippen LogP contribution < -0.4 is 5.32 Å². The van der Waals surface area contributed by atoms with Gasteiger partial charge in [0, 0.05) is 6.04 Å². The zero-order valence-corrected chi connectivity index (χ0v) is 11.4. The van der Waals surface area contributed by atoms with Gasteiger partial charge < -0.3 is 9.73 Å². The minimum atomic E-state index is -0.239. The third-order valence-electron chi connectivity index (χ3n) is 3.59. The summed E-state index contributed by atoms with van der Waals surface area (Å²) in [5.74, 6) is 0.475. The van der Waals surface area contributed by atoms with E-state index in [0.29, 0.717) is 17.9 Å². The molecule has 96 valence electrons. The molecule has 1 heterocycles. The topological polar surface area (TPSA) is 51.0 Å². The summed E-state index contributed by atoms with van der Waals surface area (Å²) in [5.41, 5.74) is 0.277.